The van der Waals surface area contributed by atoms with Gasteiger partial charge in [-0.05, 0) is 18.6 Å². The van der Waals surface area contributed by atoms with Crippen molar-refractivity contribution < 1.29 is 5.11 Å². The fourth-order valence-corrected chi connectivity index (χ4v) is 1.37. The van der Waals surface area contributed by atoms with Crippen LogP contribution in [-0.2, 0) is 0 Å². The van der Waals surface area contributed by atoms with E-state index >= 15 is 0 Å². The van der Waals surface area contributed by atoms with Gasteiger partial charge in [0.05, 0.1) is 0 Å². The van der Waals surface area contributed by atoms with Crippen molar-refractivity contribution >= 4 is 6.21 Å². The average Bonchev–Trinajstić information content (AvgIpc) is 2.47. The lowest BCUT2D eigenvalue weighted by atomic mass is 10.1. The van der Waals surface area contributed by atoms with Crippen LogP contribution in [0.2, 0.25) is 0 Å². The van der Waals surface area contributed by atoms with Crippen LogP contribution >= 0.6 is 0 Å². The summed E-state index contributed by atoms with van der Waals surface area (Å²) < 4.78 is 0. The van der Waals surface area contributed by atoms with Crippen LogP contribution in [-0.4, -0.2) is 17.0 Å². The summed E-state index contributed by atoms with van der Waals surface area (Å²) in [7, 11) is 0. The third-order valence-corrected chi connectivity index (χ3v) is 2.15. The molecule has 0 saturated heterocycles. The van der Waals surface area contributed by atoms with Gasteiger partial charge in [0.2, 0.25) is 0 Å². The van der Waals surface area contributed by atoms with Gasteiger partial charge in [-0.15, -0.1) is 0 Å². The van der Waals surface area contributed by atoms with Gasteiger partial charge in [0, 0.05) is 12.6 Å². The quantitative estimate of drug-likeness (QED) is 0.626. The van der Waals surface area contributed by atoms with Crippen molar-refractivity contribution in [1.29, 1.82) is 0 Å². The monoisotopic (exact) mass is 167 g/mol. The molecule has 2 nitrogen and oxygen atoms in total. The summed E-state index contributed by atoms with van der Waals surface area (Å²) in [6.07, 6.45) is 10.7. The van der Waals surface area contributed by atoms with E-state index in [2.05, 4.69) is 11.9 Å². The highest BCUT2D eigenvalue weighted by molar-refractivity contribution is 5.74. The van der Waals surface area contributed by atoms with Crippen molar-refractivity contribution in [3.63, 3.8) is 0 Å². The maximum absolute atomic E-state index is 9.71. The van der Waals surface area contributed by atoms with Crippen LogP contribution in [0.5, 0.6) is 0 Å². The van der Waals surface area contributed by atoms with Crippen molar-refractivity contribution in [2.75, 3.05) is 0 Å². The number of nitrogens with zero attached hydrogens (tertiary/aromatic N) is 1. The number of aliphatic imine (C=N–C) groups is 1. The molecule has 1 unspecified atom stereocenters. The Morgan fingerprint density at radius 2 is 2.17 bits per heavy atom. The first-order valence-electron chi connectivity index (χ1n) is 4.72. The minimum Gasteiger partial charge on any atom is -0.366 e. The molecule has 0 aromatic carbocycles. The SMILES string of the molecule is CCCCCCC1(O)C=CC=N1. The zero-order valence-corrected chi connectivity index (χ0v) is 7.66. The Morgan fingerprint density at radius 3 is 2.75 bits per heavy atom. The fraction of sp³-hybridized carbons (Fsp3) is 0.700. The zero-order valence-electron chi connectivity index (χ0n) is 7.66. The molecule has 2 heteroatoms. The fourth-order valence-electron chi connectivity index (χ4n) is 1.37. The van der Waals surface area contributed by atoms with Gasteiger partial charge in [0.15, 0.2) is 5.72 Å². The molecular formula is C10H17NO. The van der Waals surface area contributed by atoms with E-state index in [9.17, 15) is 5.11 Å². The highest BCUT2D eigenvalue weighted by Crippen LogP contribution is 2.21. The molecule has 1 atom stereocenters. The van der Waals surface area contributed by atoms with E-state index < -0.39 is 5.72 Å². The van der Waals surface area contributed by atoms with Gasteiger partial charge in [0.1, 0.15) is 0 Å². The average molecular weight is 167 g/mol. The number of unbranched alkanes of at least 4 members (excludes halogenated alkanes) is 3. The molecule has 0 amide bonds. The molecule has 0 saturated carbocycles. The van der Waals surface area contributed by atoms with E-state index in [1.165, 1.54) is 19.3 Å². The largest absolute Gasteiger partial charge is 0.366 e. The standard InChI is InChI=1S/C10H17NO/c1-2-3-4-5-7-10(12)8-6-9-11-10/h6,8-9,12H,2-5,7H2,1H3. The molecule has 68 valence electrons. The van der Waals surface area contributed by atoms with Gasteiger partial charge in [-0.25, -0.2) is 0 Å². The highest BCUT2D eigenvalue weighted by atomic mass is 16.3. The van der Waals surface area contributed by atoms with Gasteiger partial charge in [0.25, 0.3) is 0 Å². The number of hydrogen-bond donors (Lipinski definition) is 1. The number of rotatable bonds is 5. The van der Waals surface area contributed by atoms with Crippen LogP contribution in [0.3, 0.4) is 0 Å². The molecule has 0 fully saturated rings. The zero-order chi connectivity index (χ0) is 8.86. The molecule has 1 heterocycles. The summed E-state index contributed by atoms with van der Waals surface area (Å²) in [6.45, 7) is 2.18. The minimum absolute atomic E-state index is 0.764. The molecule has 0 radical (unpaired) electrons. The Kier molecular flexibility index (Phi) is 3.48. The van der Waals surface area contributed by atoms with E-state index in [0.29, 0.717) is 0 Å². The Morgan fingerprint density at radius 1 is 1.33 bits per heavy atom. The van der Waals surface area contributed by atoms with Crippen LogP contribution in [0.1, 0.15) is 39.0 Å². The minimum atomic E-state index is -0.867. The second-order valence-electron chi connectivity index (χ2n) is 3.33. The van der Waals surface area contributed by atoms with E-state index in [1.54, 1.807) is 18.4 Å². The first-order valence-corrected chi connectivity index (χ1v) is 4.72. The number of aliphatic hydroxyl groups is 1. The van der Waals surface area contributed by atoms with E-state index in [4.69, 9.17) is 0 Å². The molecule has 0 aliphatic carbocycles. The molecule has 0 spiro atoms. The van der Waals surface area contributed by atoms with Crippen LogP contribution in [0.4, 0.5) is 0 Å². The highest BCUT2D eigenvalue weighted by Gasteiger charge is 2.22. The summed E-state index contributed by atoms with van der Waals surface area (Å²) in [5, 5.41) is 9.71. The Hall–Kier alpha value is -0.630. The smallest absolute Gasteiger partial charge is 0.175 e. The lowest BCUT2D eigenvalue weighted by molar-refractivity contribution is 0.0914. The second-order valence-corrected chi connectivity index (χ2v) is 3.33. The van der Waals surface area contributed by atoms with Gasteiger partial charge < -0.3 is 5.11 Å². The second kappa shape index (κ2) is 4.41. The van der Waals surface area contributed by atoms with E-state index in [0.717, 1.165) is 12.8 Å². The van der Waals surface area contributed by atoms with Crippen molar-refractivity contribution in [1.82, 2.24) is 0 Å². The van der Waals surface area contributed by atoms with Gasteiger partial charge in [-0.3, -0.25) is 4.99 Å². The molecule has 0 aromatic rings. The van der Waals surface area contributed by atoms with E-state index in [-0.39, 0.29) is 0 Å². The normalized spacial score (nSPS) is 26.8. The lowest BCUT2D eigenvalue weighted by Gasteiger charge is -2.16. The molecule has 1 N–H and O–H groups in total. The summed E-state index contributed by atoms with van der Waals surface area (Å²) in [5.41, 5.74) is -0.867. The van der Waals surface area contributed by atoms with E-state index in [1.807, 2.05) is 0 Å². The van der Waals surface area contributed by atoms with Crippen LogP contribution in [0.15, 0.2) is 17.1 Å². The van der Waals surface area contributed by atoms with Gasteiger partial charge in [-0.2, -0.15) is 0 Å². The Balaban J connectivity index is 2.14. The topological polar surface area (TPSA) is 32.6 Å². The van der Waals surface area contributed by atoms with Crippen LogP contribution < -0.4 is 0 Å². The molecular weight excluding hydrogens is 150 g/mol. The lowest BCUT2D eigenvalue weighted by Crippen LogP contribution is -2.20. The van der Waals surface area contributed by atoms with Gasteiger partial charge in [-0.1, -0.05) is 26.2 Å². The predicted octanol–water partition coefficient (Wildman–Crippen LogP) is 2.29. The van der Waals surface area contributed by atoms with Crippen molar-refractivity contribution in [3.05, 3.63) is 12.2 Å². The van der Waals surface area contributed by atoms with Crippen LogP contribution in [0, 0.1) is 0 Å². The summed E-state index contributed by atoms with van der Waals surface area (Å²) in [4.78, 5) is 3.98. The molecule has 1 rings (SSSR count). The van der Waals surface area contributed by atoms with Crippen molar-refractivity contribution in [3.8, 4) is 0 Å². The molecule has 1 aliphatic heterocycles. The maximum atomic E-state index is 9.71. The summed E-state index contributed by atoms with van der Waals surface area (Å²) in [6, 6.07) is 0. The number of allylic oxidation sites excluding steroid dienone is 1. The maximum Gasteiger partial charge on any atom is 0.175 e. The molecule has 1 aliphatic rings. The third-order valence-electron chi connectivity index (χ3n) is 2.15. The predicted molar refractivity (Wildman–Crippen MR) is 51.3 cm³/mol. The molecule has 12 heavy (non-hydrogen) atoms. The Bertz CT molecular complexity index is 172. The first kappa shape index (κ1) is 9.46. The van der Waals surface area contributed by atoms with Gasteiger partial charge >= 0.3 is 0 Å². The first-order chi connectivity index (χ1) is 5.77. The molecule has 0 bridgehead atoms. The van der Waals surface area contributed by atoms with Crippen molar-refractivity contribution in [2.24, 2.45) is 4.99 Å². The molecule has 0 aromatic heterocycles. The van der Waals surface area contributed by atoms with Crippen molar-refractivity contribution in [2.45, 2.75) is 44.8 Å². The summed E-state index contributed by atoms with van der Waals surface area (Å²) in [5.74, 6) is 0. The van der Waals surface area contributed by atoms with Crippen LogP contribution in [0.25, 0.3) is 0 Å². The Labute approximate surface area is 74.0 Å². The number of hydrogen-bond acceptors (Lipinski definition) is 2. The summed E-state index contributed by atoms with van der Waals surface area (Å²) >= 11 is 0. The third kappa shape index (κ3) is 2.78.